The maximum atomic E-state index is 8.81. The highest BCUT2D eigenvalue weighted by Gasteiger charge is 1.93. The van der Waals surface area contributed by atoms with Crippen LogP contribution < -0.4 is 5.32 Å². The Balaban J connectivity index is 0.000000350. The summed E-state index contributed by atoms with van der Waals surface area (Å²) in [5.41, 5.74) is 3.87. The Morgan fingerprint density at radius 3 is 2.42 bits per heavy atom. The van der Waals surface area contributed by atoms with Gasteiger partial charge in [-0.05, 0) is 68.1 Å². The highest BCUT2D eigenvalue weighted by atomic mass is 16.3. The van der Waals surface area contributed by atoms with Crippen molar-refractivity contribution < 1.29 is 5.11 Å². The Kier molecular flexibility index (Phi) is 11.4. The Morgan fingerprint density at radius 1 is 1.08 bits per heavy atom. The molecule has 2 nitrogen and oxygen atoms in total. The highest BCUT2D eigenvalue weighted by molar-refractivity contribution is 5.25. The van der Waals surface area contributed by atoms with E-state index in [2.05, 4.69) is 67.8 Å². The first-order valence-electron chi connectivity index (χ1n) is 9.50. The molecule has 0 aliphatic heterocycles. The van der Waals surface area contributed by atoms with Crippen LogP contribution >= 0.6 is 0 Å². The molecule has 0 aromatic heterocycles. The molecular formula is C24H33NO. The van der Waals surface area contributed by atoms with Gasteiger partial charge >= 0.3 is 0 Å². The SMILES string of the molecule is C/C=C\C(=C/NCCc1ccccc1)CCCC.Cc1cccc(O)c1. The van der Waals surface area contributed by atoms with Crippen LogP contribution in [0.2, 0.25) is 0 Å². The normalized spacial score (nSPS) is 11.1. The first-order valence-corrected chi connectivity index (χ1v) is 9.50. The molecule has 140 valence electrons. The van der Waals surface area contributed by atoms with E-state index in [0.717, 1.165) is 18.5 Å². The van der Waals surface area contributed by atoms with Gasteiger partial charge in [-0.2, -0.15) is 0 Å². The second-order valence-corrected chi connectivity index (χ2v) is 6.35. The van der Waals surface area contributed by atoms with Crippen LogP contribution in [-0.2, 0) is 6.42 Å². The summed E-state index contributed by atoms with van der Waals surface area (Å²) in [5.74, 6) is 0.338. The minimum Gasteiger partial charge on any atom is -0.508 e. The van der Waals surface area contributed by atoms with Crippen LogP contribution in [0.15, 0.2) is 78.5 Å². The summed E-state index contributed by atoms with van der Waals surface area (Å²) in [4.78, 5) is 0. The van der Waals surface area contributed by atoms with Crippen molar-refractivity contribution in [2.75, 3.05) is 6.54 Å². The molecule has 2 N–H and O–H groups in total. The second kappa shape index (κ2) is 13.8. The van der Waals surface area contributed by atoms with Gasteiger partial charge < -0.3 is 10.4 Å². The van der Waals surface area contributed by atoms with E-state index in [9.17, 15) is 0 Å². The van der Waals surface area contributed by atoms with E-state index in [1.165, 1.54) is 30.4 Å². The van der Waals surface area contributed by atoms with Crippen molar-refractivity contribution in [3.8, 4) is 5.75 Å². The number of unbranched alkanes of at least 4 members (excludes halogenated alkanes) is 1. The van der Waals surface area contributed by atoms with Gasteiger partial charge in [-0.1, -0.05) is 68.0 Å². The molecule has 2 aromatic carbocycles. The first-order chi connectivity index (χ1) is 12.7. The molecule has 2 rings (SSSR count). The van der Waals surface area contributed by atoms with Gasteiger partial charge in [0.25, 0.3) is 0 Å². The highest BCUT2D eigenvalue weighted by Crippen LogP contribution is 2.09. The average molecular weight is 352 g/mol. The van der Waals surface area contributed by atoms with Crippen LogP contribution in [0.5, 0.6) is 5.75 Å². The summed E-state index contributed by atoms with van der Waals surface area (Å²) >= 11 is 0. The van der Waals surface area contributed by atoms with Gasteiger partial charge in [-0.15, -0.1) is 0 Å². The molecule has 2 aromatic rings. The van der Waals surface area contributed by atoms with Crippen LogP contribution in [0.25, 0.3) is 0 Å². The van der Waals surface area contributed by atoms with Crippen molar-refractivity contribution in [1.29, 1.82) is 0 Å². The summed E-state index contributed by atoms with van der Waals surface area (Å²) in [5, 5.41) is 12.2. The van der Waals surface area contributed by atoms with Crippen molar-refractivity contribution in [3.63, 3.8) is 0 Å². The van der Waals surface area contributed by atoms with E-state index < -0.39 is 0 Å². The van der Waals surface area contributed by atoms with Crippen molar-refractivity contribution in [2.45, 2.75) is 46.5 Å². The van der Waals surface area contributed by atoms with Crippen molar-refractivity contribution in [1.82, 2.24) is 5.32 Å². The predicted molar refractivity (Wildman–Crippen MR) is 113 cm³/mol. The summed E-state index contributed by atoms with van der Waals surface area (Å²) in [6.07, 6.45) is 11.2. The molecule has 0 amide bonds. The molecule has 2 heteroatoms. The van der Waals surface area contributed by atoms with Crippen LogP contribution in [0, 0.1) is 6.92 Å². The van der Waals surface area contributed by atoms with Crippen LogP contribution in [0.1, 0.15) is 44.2 Å². The number of benzene rings is 2. The zero-order chi connectivity index (χ0) is 19.0. The van der Waals surface area contributed by atoms with Gasteiger partial charge in [0.05, 0.1) is 0 Å². The zero-order valence-electron chi connectivity index (χ0n) is 16.4. The maximum absolute atomic E-state index is 8.81. The molecule has 0 bridgehead atoms. The molecule has 0 heterocycles. The summed E-state index contributed by atoms with van der Waals surface area (Å²) in [7, 11) is 0. The second-order valence-electron chi connectivity index (χ2n) is 6.35. The number of hydrogen-bond acceptors (Lipinski definition) is 2. The molecule has 0 aliphatic rings. The standard InChI is InChI=1S/C17H25N.C7H8O/c1-3-5-10-17(9-4-2)15-18-14-13-16-11-7-6-8-12-16;1-6-3-2-4-7(8)5-6/h4,6-9,11-12,15,18H,3,5,10,13-14H2,1-2H3;2-5,8H,1H3/b9-4-,17-15+;. The van der Waals surface area contributed by atoms with Gasteiger partial charge in [0.15, 0.2) is 0 Å². The fourth-order valence-corrected chi connectivity index (χ4v) is 2.49. The monoisotopic (exact) mass is 351 g/mol. The number of phenols is 1. The van der Waals surface area contributed by atoms with Gasteiger partial charge in [0.2, 0.25) is 0 Å². The van der Waals surface area contributed by atoms with E-state index in [1.54, 1.807) is 12.1 Å². The molecule has 0 saturated carbocycles. The smallest absolute Gasteiger partial charge is 0.115 e. The summed E-state index contributed by atoms with van der Waals surface area (Å²) < 4.78 is 0. The minimum absolute atomic E-state index is 0.338. The van der Waals surface area contributed by atoms with Crippen molar-refractivity contribution in [2.24, 2.45) is 0 Å². The third kappa shape index (κ3) is 10.4. The average Bonchev–Trinajstić information content (AvgIpc) is 2.64. The molecule has 0 aliphatic carbocycles. The van der Waals surface area contributed by atoms with E-state index in [4.69, 9.17) is 5.11 Å². The van der Waals surface area contributed by atoms with Crippen molar-refractivity contribution >= 4 is 0 Å². The Bertz CT molecular complexity index is 642. The molecular weight excluding hydrogens is 318 g/mol. The number of aryl methyl sites for hydroxylation is 1. The number of aromatic hydroxyl groups is 1. The van der Waals surface area contributed by atoms with Crippen LogP contribution in [-0.4, -0.2) is 11.7 Å². The lowest BCUT2D eigenvalue weighted by molar-refractivity contribution is 0.475. The Hall–Kier alpha value is -2.48. The third-order valence-electron chi connectivity index (χ3n) is 3.89. The number of phenolic OH excluding ortho intramolecular Hbond substituents is 1. The molecule has 0 radical (unpaired) electrons. The molecule has 0 saturated heterocycles. The lowest BCUT2D eigenvalue weighted by Gasteiger charge is -2.05. The molecule has 26 heavy (non-hydrogen) atoms. The summed E-state index contributed by atoms with van der Waals surface area (Å²) in [6, 6.07) is 17.8. The third-order valence-corrected chi connectivity index (χ3v) is 3.89. The van der Waals surface area contributed by atoms with E-state index in [1.807, 2.05) is 19.1 Å². The van der Waals surface area contributed by atoms with E-state index >= 15 is 0 Å². The Labute approximate surface area is 159 Å². The lowest BCUT2D eigenvalue weighted by Crippen LogP contribution is -2.10. The van der Waals surface area contributed by atoms with E-state index in [-0.39, 0.29) is 0 Å². The van der Waals surface area contributed by atoms with Gasteiger partial charge in [-0.25, -0.2) is 0 Å². The Morgan fingerprint density at radius 2 is 1.85 bits per heavy atom. The molecule has 0 atom stereocenters. The van der Waals surface area contributed by atoms with Crippen LogP contribution in [0.4, 0.5) is 0 Å². The van der Waals surface area contributed by atoms with Gasteiger partial charge in [-0.3, -0.25) is 0 Å². The predicted octanol–water partition coefficient (Wildman–Crippen LogP) is 6.17. The first kappa shape index (κ1) is 21.6. The summed E-state index contributed by atoms with van der Waals surface area (Å²) in [6.45, 7) is 7.25. The molecule has 0 spiro atoms. The zero-order valence-corrected chi connectivity index (χ0v) is 16.4. The molecule has 0 fully saturated rings. The lowest BCUT2D eigenvalue weighted by atomic mass is 10.1. The topological polar surface area (TPSA) is 32.3 Å². The number of nitrogens with one attached hydrogen (secondary N) is 1. The van der Waals surface area contributed by atoms with E-state index in [0.29, 0.717) is 5.75 Å². The maximum Gasteiger partial charge on any atom is 0.115 e. The fraction of sp³-hybridized carbons (Fsp3) is 0.333. The minimum atomic E-state index is 0.338. The molecule has 0 unspecified atom stereocenters. The largest absolute Gasteiger partial charge is 0.508 e. The number of hydrogen-bond donors (Lipinski definition) is 2. The number of allylic oxidation sites excluding steroid dienone is 3. The quantitative estimate of drug-likeness (QED) is 0.440. The van der Waals surface area contributed by atoms with Crippen LogP contribution in [0.3, 0.4) is 0 Å². The number of rotatable bonds is 8. The fourth-order valence-electron chi connectivity index (χ4n) is 2.49. The van der Waals surface area contributed by atoms with Crippen molar-refractivity contribution in [3.05, 3.63) is 89.6 Å². The van der Waals surface area contributed by atoms with Gasteiger partial charge in [0, 0.05) is 6.54 Å². The van der Waals surface area contributed by atoms with Gasteiger partial charge in [0.1, 0.15) is 5.75 Å².